The number of fused-ring (bicyclic) bond motifs is 2. The molecule has 4 fully saturated rings. The maximum Gasteiger partial charge on any atom is 0.311 e. The normalized spacial score (nSPS) is 37.2. The molecule has 4 aliphatic carbocycles. The van der Waals surface area contributed by atoms with Crippen LogP contribution in [-0.2, 0) is 28.7 Å². The summed E-state index contributed by atoms with van der Waals surface area (Å²) in [6, 6.07) is 0. The van der Waals surface area contributed by atoms with Crippen LogP contribution < -0.4 is 0 Å². The van der Waals surface area contributed by atoms with E-state index in [0.29, 0.717) is 25.7 Å². The van der Waals surface area contributed by atoms with Gasteiger partial charge in [-0.15, -0.1) is 0 Å². The summed E-state index contributed by atoms with van der Waals surface area (Å²) in [4.78, 5) is 52.9. The van der Waals surface area contributed by atoms with Crippen molar-refractivity contribution in [3.8, 4) is 0 Å². The van der Waals surface area contributed by atoms with E-state index in [-0.39, 0.29) is 58.0 Å². The highest BCUT2D eigenvalue weighted by atomic mass is 16.5. The molecule has 0 aromatic heterocycles. The number of allylic oxidation sites excluding steroid dienone is 6. The summed E-state index contributed by atoms with van der Waals surface area (Å²) in [5.41, 5.74) is 2.38. The summed E-state index contributed by atoms with van der Waals surface area (Å²) < 4.78 is 10.5. The van der Waals surface area contributed by atoms with E-state index in [1.54, 1.807) is 0 Å². The van der Waals surface area contributed by atoms with Crippen molar-refractivity contribution in [2.45, 2.75) is 131 Å². The summed E-state index contributed by atoms with van der Waals surface area (Å²) >= 11 is 0. The molecule has 2 unspecified atom stereocenters. The maximum absolute atomic E-state index is 13.6. The van der Waals surface area contributed by atoms with Gasteiger partial charge >= 0.3 is 11.9 Å². The van der Waals surface area contributed by atoms with Crippen molar-refractivity contribution in [1.29, 1.82) is 0 Å². The van der Waals surface area contributed by atoms with Crippen LogP contribution in [0.3, 0.4) is 0 Å². The van der Waals surface area contributed by atoms with E-state index in [4.69, 9.17) is 9.47 Å². The molecule has 0 aliphatic heterocycles. The molecular weight excluding hydrogens is 600 g/mol. The quantitative estimate of drug-likeness (QED) is 0.0948. The van der Waals surface area contributed by atoms with Gasteiger partial charge in [-0.2, -0.15) is 0 Å². The molecule has 4 aliphatic rings. The number of rotatable bonds is 11. The number of unbranched alkanes of at least 4 members (excludes halogenated alkanes) is 1. The second kappa shape index (κ2) is 14.6. The summed E-state index contributed by atoms with van der Waals surface area (Å²) in [5, 5.41) is 0. The number of Topliss-reactive ketones (excluding diaryl/α,β-unsaturated/α-hetero) is 2. The van der Waals surface area contributed by atoms with Crippen molar-refractivity contribution < 1.29 is 28.7 Å². The first-order chi connectivity index (χ1) is 22.5. The average molecular weight is 663 g/mol. The number of ketones is 2. The van der Waals surface area contributed by atoms with Crippen molar-refractivity contribution in [3.63, 3.8) is 0 Å². The molecule has 0 N–H and O–H groups in total. The molecule has 266 valence electrons. The number of hydrogen-bond acceptors (Lipinski definition) is 6. The van der Waals surface area contributed by atoms with E-state index in [0.717, 1.165) is 86.5 Å². The predicted molar refractivity (Wildman–Crippen MR) is 191 cm³/mol. The third kappa shape index (κ3) is 6.84. The fourth-order valence-electron chi connectivity index (χ4n) is 11.1. The smallest absolute Gasteiger partial charge is 0.311 e. The van der Waals surface area contributed by atoms with E-state index < -0.39 is 10.8 Å². The number of carbonyl (C=O) groups is 4. The Morgan fingerprint density at radius 2 is 1.02 bits per heavy atom. The van der Waals surface area contributed by atoms with Crippen LogP contribution in [0.1, 0.15) is 131 Å². The lowest BCUT2D eigenvalue weighted by atomic mass is 9.46. The van der Waals surface area contributed by atoms with E-state index in [1.165, 1.54) is 14.2 Å². The monoisotopic (exact) mass is 662 g/mol. The highest BCUT2D eigenvalue weighted by Crippen LogP contribution is 2.63. The van der Waals surface area contributed by atoms with Gasteiger partial charge in [-0.1, -0.05) is 63.1 Å². The van der Waals surface area contributed by atoms with Gasteiger partial charge in [0.25, 0.3) is 0 Å². The Hall–Kier alpha value is -2.76. The zero-order chi connectivity index (χ0) is 35.7. The lowest BCUT2D eigenvalue weighted by molar-refractivity contribution is -0.168. The zero-order valence-corrected chi connectivity index (χ0v) is 31.2. The molecule has 0 aromatic rings. The molecule has 0 saturated heterocycles. The molecule has 6 nitrogen and oxygen atoms in total. The summed E-state index contributed by atoms with van der Waals surface area (Å²) in [7, 11) is 2.96. The number of esters is 2. The van der Waals surface area contributed by atoms with Gasteiger partial charge in [-0.05, 0) is 138 Å². The Bertz CT molecular complexity index is 1280. The summed E-state index contributed by atoms with van der Waals surface area (Å²) in [6.45, 7) is 21.2. The van der Waals surface area contributed by atoms with Gasteiger partial charge in [-0.3, -0.25) is 19.2 Å². The number of carbonyl (C=O) groups excluding carboxylic acids is 4. The second-order valence-corrected chi connectivity index (χ2v) is 16.7. The number of methoxy groups -OCH3 is 2. The average Bonchev–Trinajstić information content (AvgIpc) is 3.04. The van der Waals surface area contributed by atoms with Crippen molar-refractivity contribution in [3.05, 3.63) is 47.6 Å². The van der Waals surface area contributed by atoms with E-state index in [2.05, 4.69) is 40.9 Å². The number of hydrogen-bond donors (Lipinski definition) is 0. The van der Waals surface area contributed by atoms with Gasteiger partial charge in [0.2, 0.25) is 0 Å². The Kier molecular flexibility index (Phi) is 11.6. The molecule has 0 radical (unpaired) electrons. The highest BCUT2D eigenvalue weighted by molar-refractivity contribution is 5.96. The Labute approximate surface area is 290 Å². The molecule has 48 heavy (non-hydrogen) atoms. The van der Waals surface area contributed by atoms with Crippen LogP contribution in [0.2, 0.25) is 0 Å². The molecule has 8 atom stereocenters. The van der Waals surface area contributed by atoms with E-state index in [1.807, 2.05) is 26.0 Å². The van der Waals surface area contributed by atoms with Crippen molar-refractivity contribution >= 4 is 23.5 Å². The Balaban J connectivity index is 1.37. The molecule has 0 bridgehead atoms. The van der Waals surface area contributed by atoms with Crippen LogP contribution in [0.15, 0.2) is 47.6 Å². The molecule has 0 heterocycles. The largest absolute Gasteiger partial charge is 0.469 e. The molecule has 6 heteroatoms. The van der Waals surface area contributed by atoms with Crippen LogP contribution in [0, 0.1) is 45.3 Å². The van der Waals surface area contributed by atoms with Gasteiger partial charge in [-0.25, -0.2) is 0 Å². The van der Waals surface area contributed by atoms with Gasteiger partial charge in [0.15, 0.2) is 11.6 Å². The predicted octanol–water partition coefficient (Wildman–Crippen LogP) is 9.48. The minimum atomic E-state index is -0.528. The molecule has 0 spiro atoms. The van der Waals surface area contributed by atoms with E-state index in [9.17, 15) is 19.2 Å². The summed E-state index contributed by atoms with van der Waals surface area (Å²) in [6.07, 6.45) is 15.2. The standard InChI is InChI=1S/C42H62O6/c1-27-17-19-35-39(5,21-13-23-41(35,7)37(45)47-9)31(27)25-33(43)29(3)15-11-12-16-30(4)34(44)26-32-28(2)18-20-36-40(32,6)22-14-24-42(36,8)38(46)48-10/h15-16,31-32,35-36H,1-2,11-14,17-26H2,3-10H3/b29-15+,30-16+/t31-,32-,35?,36?,39+,40+,41-,42-/m0/s1. The van der Waals surface area contributed by atoms with Gasteiger partial charge in [0, 0.05) is 12.8 Å². The third-order valence-electron chi connectivity index (χ3n) is 14.1. The molecule has 0 aromatic carbocycles. The fraction of sp³-hybridized carbons (Fsp3) is 0.714. The van der Waals surface area contributed by atoms with Crippen LogP contribution >= 0.6 is 0 Å². The molecular formula is C42H62O6. The number of ether oxygens (including phenoxy) is 2. The van der Waals surface area contributed by atoms with Crippen molar-refractivity contribution in [2.24, 2.45) is 45.3 Å². The Morgan fingerprint density at radius 1 is 0.667 bits per heavy atom. The van der Waals surface area contributed by atoms with Crippen molar-refractivity contribution in [1.82, 2.24) is 0 Å². The van der Waals surface area contributed by atoms with E-state index >= 15 is 0 Å². The van der Waals surface area contributed by atoms with Crippen LogP contribution in [0.5, 0.6) is 0 Å². The lowest BCUT2D eigenvalue weighted by Gasteiger charge is -2.57. The first-order valence-electron chi connectivity index (χ1n) is 18.4. The second-order valence-electron chi connectivity index (χ2n) is 16.7. The topological polar surface area (TPSA) is 86.7 Å². The minimum absolute atomic E-state index is 0.0433. The van der Waals surface area contributed by atoms with Crippen LogP contribution in [0.25, 0.3) is 0 Å². The minimum Gasteiger partial charge on any atom is -0.469 e. The van der Waals surface area contributed by atoms with Crippen LogP contribution in [-0.4, -0.2) is 37.7 Å². The van der Waals surface area contributed by atoms with Gasteiger partial charge in [0.1, 0.15) is 0 Å². The molecule has 4 saturated carbocycles. The zero-order valence-electron chi connectivity index (χ0n) is 31.2. The van der Waals surface area contributed by atoms with Gasteiger partial charge < -0.3 is 9.47 Å². The lowest BCUT2D eigenvalue weighted by Crippen LogP contribution is -2.54. The summed E-state index contributed by atoms with van der Waals surface area (Å²) in [5.74, 6) is 0.422. The molecule has 4 rings (SSSR count). The molecule has 0 amide bonds. The fourth-order valence-corrected chi connectivity index (χ4v) is 11.1. The first-order valence-corrected chi connectivity index (χ1v) is 18.4. The maximum atomic E-state index is 13.6. The Morgan fingerprint density at radius 3 is 1.35 bits per heavy atom. The van der Waals surface area contributed by atoms with Gasteiger partial charge in [0.05, 0.1) is 25.0 Å². The highest BCUT2D eigenvalue weighted by Gasteiger charge is 2.59. The third-order valence-corrected chi connectivity index (χ3v) is 14.1. The van der Waals surface area contributed by atoms with Crippen LogP contribution in [0.4, 0.5) is 0 Å². The van der Waals surface area contributed by atoms with Crippen molar-refractivity contribution in [2.75, 3.05) is 14.2 Å². The SMILES string of the molecule is C=C1CCC2[C@](C)(CCC[C@]2(C)C(=O)OC)[C@H]1CC(=O)/C(C)=C/CC/C=C(\C)C(=O)C[C@H]1C(=C)CCC2[C@]1(C)CCC[C@]2(C)C(=O)OC. The first kappa shape index (κ1) is 38.0.